The summed E-state index contributed by atoms with van der Waals surface area (Å²) in [5.41, 5.74) is 7.21. The van der Waals surface area contributed by atoms with E-state index in [0.29, 0.717) is 17.2 Å². The summed E-state index contributed by atoms with van der Waals surface area (Å²) in [6, 6.07) is 10.5. The van der Waals surface area contributed by atoms with Gasteiger partial charge in [0, 0.05) is 12.4 Å². The molecule has 0 saturated carbocycles. The normalized spacial score (nSPS) is 10.9. The summed E-state index contributed by atoms with van der Waals surface area (Å²) in [6.45, 7) is 0. The number of phenolic OH excluding ortho intramolecular Hbond substituents is 1. The van der Waals surface area contributed by atoms with Crippen LogP contribution in [-0.4, -0.2) is 25.0 Å². The molecule has 3 rings (SSSR count). The lowest BCUT2D eigenvalue weighted by Gasteiger charge is -2.04. The summed E-state index contributed by atoms with van der Waals surface area (Å²) in [5, 5.41) is 9.89. The number of nitrogens with two attached hydrogens (primary N) is 1. The summed E-state index contributed by atoms with van der Waals surface area (Å²) < 4.78 is 0. The molecule has 0 radical (unpaired) electrons. The van der Waals surface area contributed by atoms with Gasteiger partial charge in [-0.05, 0) is 35.9 Å². The van der Waals surface area contributed by atoms with Crippen molar-refractivity contribution in [3.63, 3.8) is 0 Å². The van der Waals surface area contributed by atoms with Crippen LogP contribution in [0.3, 0.4) is 0 Å². The summed E-state index contributed by atoms with van der Waals surface area (Å²) >= 11 is 0. The second kappa shape index (κ2) is 6.01. The smallest absolute Gasteiger partial charge is 0.224 e. The van der Waals surface area contributed by atoms with Crippen molar-refractivity contribution in [2.75, 3.05) is 5.73 Å². The fraction of sp³-hybridized carbons (Fsp3) is 0. The number of phenols is 1. The van der Waals surface area contributed by atoms with E-state index in [1.54, 1.807) is 42.7 Å². The first-order valence-electron chi connectivity index (χ1n) is 6.60. The van der Waals surface area contributed by atoms with Crippen molar-refractivity contribution < 1.29 is 5.11 Å². The van der Waals surface area contributed by atoms with Gasteiger partial charge >= 0.3 is 0 Å². The quantitative estimate of drug-likeness (QED) is 0.769. The van der Waals surface area contributed by atoms with E-state index >= 15 is 0 Å². The topological polar surface area (TPSA) is 97.8 Å². The molecule has 0 atom stereocenters. The average Bonchev–Trinajstić information content (AvgIpc) is 2.54. The first kappa shape index (κ1) is 13.7. The van der Waals surface area contributed by atoms with Gasteiger partial charge in [0.25, 0.3) is 0 Å². The van der Waals surface area contributed by atoms with Gasteiger partial charge in [-0.25, -0.2) is 4.98 Å². The van der Waals surface area contributed by atoms with Crippen LogP contribution < -0.4 is 5.73 Å². The maximum atomic E-state index is 9.89. The van der Waals surface area contributed by atoms with Gasteiger partial charge in [0.2, 0.25) is 5.95 Å². The van der Waals surface area contributed by atoms with E-state index < -0.39 is 0 Å². The van der Waals surface area contributed by atoms with Crippen LogP contribution in [0.5, 0.6) is 5.75 Å². The first-order chi connectivity index (χ1) is 10.7. The fourth-order valence-electron chi connectivity index (χ4n) is 1.91. The Balaban J connectivity index is 1.97. The average molecular weight is 291 g/mol. The largest absolute Gasteiger partial charge is 0.507 e. The van der Waals surface area contributed by atoms with E-state index in [0.717, 1.165) is 5.56 Å². The Bertz CT molecular complexity index is 818. The summed E-state index contributed by atoms with van der Waals surface area (Å²) in [7, 11) is 0. The molecule has 0 amide bonds. The van der Waals surface area contributed by atoms with Gasteiger partial charge in [0.05, 0.1) is 5.56 Å². The van der Waals surface area contributed by atoms with Gasteiger partial charge < -0.3 is 10.8 Å². The molecule has 108 valence electrons. The van der Waals surface area contributed by atoms with Gasteiger partial charge in [-0.1, -0.05) is 18.2 Å². The van der Waals surface area contributed by atoms with Crippen LogP contribution in [0.1, 0.15) is 11.4 Å². The molecule has 6 heteroatoms. The van der Waals surface area contributed by atoms with Gasteiger partial charge in [0.15, 0.2) is 11.6 Å². The second-order valence-electron chi connectivity index (χ2n) is 4.51. The number of para-hydroxylation sites is 1. The highest BCUT2D eigenvalue weighted by Crippen LogP contribution is 2.25. The number of benzene rings is 1. The lowest BCUT2D eigenvalue weighted by molar-refractivity contribution is 0.477. The molecule has 22 heavy (non-hydrogen) atoms. The number of aromatic nitrogens is 4. The molecule has 6 nitrogen and oxygen atoms in total. The Hall–Kier alpha value is -3.28. The summed E-state index contributed by atoms with van der Waals surface area (Å²) in [6.07, 6.45) is 6.99. The van der Waals surface area contributed by atoms with Crippen LogP contribution in [-0.2, 0) is 0 Å². The van der Waals surface area contributed by atoms with Crippen molar-refractivity contribution in [3.8, 4) is 17.1 Å². The third-order valence-electron chi connectivity index (χ3n) is 2.95. The van der Waals surface area contributed by atoms with Crippen molar-refractivity contribution in [2.45, 2.75) is 0 Å². The maximum absolute atomic E-state index is 9.89. The Morgan fingerprint density at radius 2 is 1.68 bits per heavy atom. The maximum Gasteiger partial charge on any atom is 0.224 e. The Kier molecular flexibility index (Phi) is 3.74. The zero-order chi connectivity index (χ0) is 15.4. The third kappa shape index (κ3) is 3.06. The highest BCUT2D eigenvalue weighted by molar-refractivity contribution is 5.69. The number of hydrogen-bond donors (Lipinski definition) is 2. The SMILES string of the molecule is Nc1nc(/C=C/c2ccncc2)nc(-c2ccccc2O)n1. The van der Waals surface area contributed by atoms with E-state index in [1.807, 2.05) is 18.2 Å². The van der Waals surface area contributed by atoms with Crippen LogP contribution in [0, 0.1) is 0 Å². The van der Waals surface area contributed by atoms with Crippen LogP contribution in [0.25, 0.3) is 23.5 Å². The number of aromatic hydroxyl groups is 1. The van der Waals surface area contributed by atoms with E-state index in [9.17, 15) is 5.11 Å². The molecule has 0 fully saturated rings. The van der Waals surface area contributed by atoms with Crippen molar-refractivity contribution in [2.24, 2.45) is 0 Å². The van der Waals surface area contributed by atoms with Gasteiger partial charge in [-0.2, -0.15) is 9.97 Å². The molecule has 0 saturated heterocycles. The summed E-state index contributed by atoms with van der Waals surface area (Å²) in [5.74, 6) is 0.947. The monoisotopic (exact) mass is 291 g/mol. The molecule has 1 aromatic carbocycles. The molecular weight excluding hydrogens is 278 g/mol. The predicted molar refractivity (Wildman–Crippen MR) is 84.5 cm³/mol. The number of nitrogen functional groups attached to an aromatic ring is 1. The van der Waals surface area contributed by atoms with Gasteiger partial charge in [-0.15, -0.1) is 0 Å². The fourth-order valence-corrected chi connectivity index (χ4v) is 1.91. The van der Waals surface area contributed by atoms with Crippen LogP contribution >= 0.6 is 0 Å². The molecule has 0 aliphatic rings. The molecule has 0 spiro atoms. The molecule has 3 aromatic rings. The minimum absolute atomic E-state index is 0.0946. The van der Waals surface area contributed by atoms with Crippen molar-refractivity contribution in [1.82, 2.24) is 19.9 Å². The third-order valence-corrected chi connectivity index (χ3v) is 2.95. The number of rotatable bonds is 3. The Labute approximate surface area is 127 Å². The van der Waals surface area contributed by atoms with Crippen LogP contribution in [0.15, 0.2) is 48.8 Å². The van der Waals surface area contributed by atoms with Crippen molar-refractivity contribution >= 4 is 18.1 Å². The minimum atomic E-state index is 0.0946. The highest BCUT2D eigenvalue weighted by Gasteiger charge is 2.09. The molecule has 0 bridgehead atoms. The van der Waals surface area contributed by atoms with E-state index in [-0.39, 0.29) is 11.7 Å². The zero-order valence-corrected chi connectivity index (χ0v) is 11.6. The summed E-state index contributed by atoms with van der Waals surface area (Å²) in [4.78, 5) is 16.4. The molecule has 3 N–H and O–H groups in total. The zero-order valence-electron chi connectivity index (χ0n) is 11.6. The Morgan fingerprint density at radius 3 is 2.45 bits per heavy atom. The second-order valence-corrected chi connectivity index (χ2v) is 4.51. The molecular formula is C16H13N5O. The highest BCUT2D eigenvalue weighted by atomic mass is 16.3. The van der Waals surface area contributed by atoms with E-state index in [1.165, 1.54) is 0 Å². The molecule has 0 unspecified atom stereocenters. The van der Waals surface area contributed by atoms with Crippen LogP contribution in [0.4, 0.5) is 5.95 Å². The number of hydrogen-bond acceptors (Lipinski definition) is 6. The molecule has 0 aliphatic carbocycles. The van der Waals surface area contributed by atoms with Crippen LogP contribution in [0.2, 0.25) is 0 Å². The van der Waals surface area contributed by atoms with Crippen molar-refractivity contribution in [1.29, 1.82) is 0 Å². The molecule has 2 aromatic heterocycles. The van der Waals surface area contributed by atoms with E-state index in [2.05, 4.69) is 19.9 Å². The van der Waals surface area contributed by atoms with Gasteiger partial charge in [0.1, 0.15) is 5.75 Å². The number of nitrogens with zero attached hydrogens (tertiary/aromatic N) is 4. The number of pyridine rings is 1. The number of anilines is 1. The first-order valence-corrected chi connectivity index (χ1v) is 6.60. The predicted octanol–water partition coefficient (Wildman–Crippen LogP) is 2.39. The lowest BCUT2D eigenvalue weighted by atomic mass is 10.2. The molecule has 2 heterocycles. The standard InChI is InChI=1S/C16H13N5O/c17-16-20-14(6-5-11-7-9-18-10-8-11)19-15(21-16)12-3-1-2-4-13(12)22/h1-10,22H,(H2,17,19,20,21)/b6-5+. The van der Waals surface area contributed by atoms with E-state index in [4.69, 9.17) is 5.73 Å². The minimum Gasteiger partial charge on any atom is -0.507 e. The lowest BCUT2D eigenvalue weighted by Crippen LogP contribution is -2.02. The molecule has 0 aliphatic heterocycles. The van der Waals surface area contributed by atoms with Gasteiger partial charge in [-0.3, -0.25) is 4.98 Å². The van der Waals surface area contributed by atoms with Crippen molar-refractivity contribution in [3.05, 3.63) is 60.2 Å². The Morgan fingerprint density at radius 1 is 0.909 bits per heavy atom.